The van der Waals surface area contributed by atoms with E-state index in [4.69, 9.17) is 0 Å². The Morgan fingerprint density at radius 1 is 1.12 bits per heavy atom. The quantitative estimate of drug-likeness (QED) is 0.835. The Kier molecular flexibility index (Phi) is 5.92. The van der Waals surface area contributed by atoms with Gasteiger partial charge in [0.2, 0.25) is 5.95 Å². The molecule has 0 saturated heterocycles. The van der Waals surface area contributed by atoms with E-state index in [9.17, 15) is 18.0 Å². The smallest absolute Gasteiger partial charge is 0.351 e. The number of nitrogens with zero attached hydrogens (tertiary/aromatic N) is 3. The van der Waals surface area contributed by atoms with E-state index in [2.05, 4.69) is 20.6 Å². The molecule has 1 amide bonds. The second-order valence-corrected chi connectivity index (χ2v) is 5.55. The Bertz CT molecular complexity index is 699. The van der Waals surface area contributed by atoms with Crippen LogP contribution >= 0.6 is 0 Å². The molecule has 9 heteroatoms. The number of likely N-dealkylation sites (N-methyl/N-ethyl adjacent to an activating group) is 1. The van der Waals surface area contributed by atoms with Gasteiger partial charge in [0.25, 0.3) is 5.91 Å². The summed E-state index contributed by atoms with van der Waals surface area (Å²) in [6, 6.07) is 4.51. The molecular weight excluding hydrogens is 335 g/mol. The summed E-state index contributed by atoms with van der Waals surface area (Å²) >= 11 is 0. The molecular formula is C16H18F3N5O. The number of hydrogen-bond acceptors (Lipinski definition) is 5. The molecule has 2 rings (SSSR count). The maximum Gasteiger partial charge on any atom is 0.416 e. The van der Waals surface area contributed by atoms with Crippen LogP contribution in [-0.2, 0) is 6.18 Å². The molecule has 0 aliphatic heterocycles. The van der Waals surface area contributed by atoms with Crippen LogP contribution in [0.3, 0.4) is 0 Å². The topological polar surface area (TPSA) is 70.2 Å². The Labute approximate surface area is 143 Å². The van der Waals surface area contributed by atoms with Gasteiger partial charge >= 0.3 is 6.18 Å². The first-order valence-electron chi connectivity index (χ1n) is 7.45. The normalized spacial score (nSPS) is 11.4. The van der Waals surface area contributed by atoms with E-state index in [1.54, 1.807) is 0 Å². The number of nitrogens with one attached hydrogen (secondary N) is 2. The van der Waals surface area contributed by atoms with Crippen LogP contribution in [-0.4, -0.2) is 48.0 Å². The lowest BCUT2D eigenvalue weighted by Crippen LogP contribution is -2.31. The van der Waals surface area contributed by atoms with Crippen LogP contribution in [0.2, 0.25) is 0 Å². The van der Waals surface area contributed by atoms with Gasteiger partial charge < -0.3 is 15.5 Å². The van der Waals surface area contributed by atoms with Gasteiger partial charge in [0.1, 0.15) is 0 Å². The predicted molar refractivity (Wildman–Crippen MR) is 87.6 cm³/mol. The van der Waals surface area contributed by atoms with Gasteiger partial charge in [-0.05, 0) is 38.4 Å². The van der Waals surface area contributed by atoms with E-state index < -0.39 is 11.7 Å². The average molecular weight is 353 g/mol. The molecule has 0 aliphatic carbocycles. The molecule has 134 valence electrons. The highest BCUT2D eigenvalue weighted by Crippen LogP contribution is 2.30. The van der Waals surface area contributed by atoms with Gasteiger partial charge in [-0.3, -0.25) is 4.79 Å². The Hall–Kier alpha value is -2.68. The minimum absolute atomic E-state index is 0.185. The Balaban J connectivity index is 1.95. The van der Waals surface area contributed by atoms with E-state index in [0.29, 0.717) is 24.3 Å². The highest BCUT2D eigenvalue weighted by Gasteiger charge is 2.29. The Morgan fingerprint density at radius 2 is 1.72 bits per heavy atom. The molecule has 2 aromatic rings. The van der Waals surface area contributed by atoms with Crippen LogP contribution < -0.4 is 10.6 Å². The highest BCUT2D eigenvalue weighted by molar-refractivity contribution is 5.93. The molecule has 1 heterocycles. The van der Waals surface area contributed by atoms with Crippen molar-refractivity contribution in [3.05, 3.63) is 47.8 Å². The number of aromatic nitrogens is 2. The zero-order valence-electron chi connectivity index (χ0n) is 13.8. The summed E-state index contributed by atoms with van der Waals surface area (Å²) < 4.78 is 37.5. The SMILES string of the molecule is CN(C)CCNC(=O)c1cnc(Nc2ccc(C(F)(F)F)cc2)nc1. The van der Waals surface area contributed by atoms with Crippen LogP contribution in [0.5, 0.6) is 0 Å². The first-order chi connectivity index (χ1) is 11.8. The molecule has 0 fully saturated rings. The fraction of sp³-hybridized carbons (Fsp3) is 0.312. The lowest BCUT2D eigenvalue weighted by molar-refractivity contribution is -0.137. The summed E-state index contributed by atoms with van der Waals surface area (Å²) in [6.07, 6.45) is -1.68. The summed E-state index contributed by atoms with van der Waals surface area (Å²) in [5, 5.41) is 5.51. The predicted octanol–water partition coefficient (Wildman–Crippen LogP) is 2.53. The first-order valence-corrected chi connectivity index (χ1v) is 7.45. The lowest BCUT2D eigenvalue weighted by Gasteiger charge is -2.10. The van der Waals surface area contributed by atoms with Gasteiger partial charge in [0.05, 0.1) is 11.1 Å². The van der Waals surface area contributed by atoms with E-state index in [1.807, 2.05) is 19.0 Å². The molecule has 25 heavy (non-hydrogen) atoms. The number of alkyl halides is 3. The number of halogens is 3. The molecule has 0 unspecified atom stereocenters. The van der Waals surface area contributed by atoms with Crippen molar-refractivity contribution < 1.29 is 18.0 Å². The molecule has 2 N–H and O–H groups in total. The van der Waals surface area contributed by atoms with Gasteiger partial charge in [-0.2, -0.15) is 13.2 Å². The number of carbonyl (C=O) groups is 1. The second kappa shape index (κ2) is 7.93. The number of rotatable bonds is 6. The zero-order valence-corrected chi connectivity index (χ0v) is 13.8. The number of benzene rings is 1. The summed E-state index contributed by atoms with van der Waals surface area (Å²) in [7, 11) is 3.80. The van der Waals surface area contributed by atoms with Crippen LogP contribution in [0.25, 0.3) is 0 Å². The van der Waals surface area contributed by atoms with Gasteiger partial charge in [-0.25, -0.2) is 9.97 Å². The van der Waals surface area contributed by atoms with Gasteiger partial charge in [-0.15, -0.1) is 0 Å². The van der Waals surface area contributed by atoms with Crippen molar-refractivity contribution in [2.45, 2.75) is 6.18 Å². The molecule has 6 nitrogen and oxygen atoms in total. The largest absolute Gasteiger partial charge is 0.416 e. The van der Waals surface area contributed by atoms with Crippen LogP contribution in [0.4, 0.5) is 24.8 Å². The van der Waals surface area contributed by atoms with E-state index in [0.717, 1.165) is 12.1 Å². The van der Waals surface area contributed by atoms with Crippen molar-refractivity contribution in [3.63, 3.8) is 0 Å². The van der Waals surface area contributed by atoms with Crippen molar-refractivity contribution in [1.29, 1.82) is 0 Å². The van der Waals surface area contributed by atoms with Gasteiger partial charge in [-0.1, -0.05) is 0 Å². The van der Waals surface area contributed by atoms with Crippen LogP contribution in [0.15, 0.2) is 36.7 Å². The standard InChI is InChI=1S/C16H18F3N5O/c1-24(2)8-7-20-14(25)11-9-21-15(22-10-11)23-13-5-3-12(4-6-13)16(17,18)19/h3-6,9-10H,7-8H2,1-2H3,(H,20,25)(H,21,22,23). The van der Waals surface area contributed by atoms with Crippen molar-refractivity contribution in [2.24, 2.45) is 0 Å². The first kappa shape index (κ1) is 18.7. The minimum atomic E-state index is -4.38. The summed E-state index contributed by atoms with van der Waals surface area (Å²) in [5.41, 5.74) is -0.0170. The van der Waals surface area contributed by atoms with Crippen molar-refractivity contribution in [2.75, 3.05) is 32.5 Å². The summed E-state index contributed by atoms with van der Waals surface area (Å²) in [4.78, 5) is 21.8. The molecule has 0 bridgehead atoms. The highest BCUT2D eigenvalue weighted by atomic mass is 19.4. The van der Waals surface area contributed by atoms with E-state index in [1.165, 1.54) is 24.5 Å². The maximum atomic E-state index is 12.5. The van der Waals surface area contributed by atoms with Gasteiger partial charge in [0.15, 0.2) is 0 Å². The molecule has 0 spiro atoms. The van der Waals surface area contributed by atoms with Crippen molar-refractivity contribution in [3.8, 4) is 0 Å². The average Bonchev–Trinajstić information content (AvgIpc) is 2.55. The lowest BCUT2D eigenvalue weighted by atomic mass is 10.2. The Morgan fingerprint density at radius 3 is 2.24 bits per heavy atom. The minimum Gasteiger partial charge on any atom is -0.351 e. The maximum absolute atomic E-state index is 12.5. The number of carbonyl (C=O) groups excluding carboxylic acids is 1. The molecule has 0 saturated carbocycles. The molecule has 1 aromatic heterocycles. The fourth-order valence-corrected chi connectivity index (χ4v) is 1.88. The van der Waals surface area contributed by atoms with Gasteiger partial charge in [0, 0.05) is 31.2 Å². The van der Waals surface area contributed by atoms with Crippen LogP contribution in [0, 0.1) is 0 Å². The number of hydrogen-bond donors (Lipinski definition) is 2. The third-order valence-electron chi connectivity index (χ3n) is 3.23. The third kappa shape index (κ3) is 5.71. The zero-order chi connectivity index (χ0) is 18.4. The number of anilines is 2. The third-order valence-corrected chi connectivity index (χ3v) is 3.23. The van der Waals surface area contributed by atoms with E-state index in [-0.39, 0.29) is 11.9 Å². The molecule has 0 aliphatic rings. The van der Waals surface area contributed by atoms with Crippen LogP contribution in [0.1, 0.15) is 15.9 Å². The molecule has 0 radical (unpaired) electrons. The molecule has 1 aromatic carbocycles. The molecule has 0 atom stereocenters. The number of amides is 1. The van der Waals surface area contributed by atoms with E-state index >= 15 is 0 Å². The summed E-state index contributed by atoms with van der Waals surface area (Å²) in [5.74, 6) is -0.104. The van der Waals surface area contributed by atoms with Crippen molar-refractivity contribution in [1.82, 2.24) is 20.2 Å². The van der Waals surface area contributed by atoms with Crippen molar-refractivity contribution >= 4 is 17.5 Å². The fourth-order valence-electron chi connectivity index (χ4n) is 1.88. The summed E-state index contributed by atoms with van der Waals surface area (Å²) in [6.45, 7) is 1.21. The monoisotopic (exact) mass is 353 g/mol. The second-order valence-electron chi connectivity index (χ2n) is 5.55.